The number of benzene rings is 1. The van der Waals surface area contributed by atoms with Crippen LogP contribution in [-0.2, 0) is 4.79 Å². The van der Waals surface area contributed by atoms with E-state index in [2.05, 4.69) is 0 Å². The molecule has 1 N–H and O–H groups in total. The molecule has 0 aliphatic carbocycles. The van der Waals surface area contributed by atoms with Gasteiger partial charge in [-0.3, -0.25) is 25.0 Å². The molecule has 6 nitrogen and oxygen atoms in total. The summed E-state index contributed by atoms with van der Waals surface area (Å²) in [6.07, 6.45) is 0. The van der Waals surface area contributed by atoms with E-state index in [1.54, 1.807) is 12.1 Å². The Bertz CT molecular complexity index is 469. The van der Waals surface area contributed by atoms with Gasteiger partial charge in [-0.15, -0.1) is 0 Å². The van der Waals surface area contributed by atoms with E-state index in [4.69, 9.17) is 0 Å². The van der Waals surface area contributed by atoms with E-state index in [0.717, 1.165) is 0 Å². The molecule has 0 bridgehead atoms. The summed E-state index contributed by atoms with van der Waals surface area (Å²) in [6, 6.07) is 4.53. The largest absolute Gasteiger partial charge is 0.316 e. The number of nitrogens with zero attached hydrogens (tertiary/aromatic N) is 1. The summed E-state index contributed by atoms with van der Waals surface area (Å²) in [4.78, 5) is 32.5. The Morgan fingerprint density at radius 1 is 1.27 bits per heavy atom. The molecule has 0 aromatic heterocycles. The lowest BCUT2D eigenvalue weighted by atomic mass is 9.96. The first kappa shape index (κ1) is 9.32. The van der Waals surface area contributed by atoms with E-state index >= 15 is 0 Å². The third kappa shape index (κ3) is 1.35. The number of hydrogen-bond acceptors (Lipinski definition) is 4. The molecule has 15 heavy (non-hydrogen) atoms. The van der Waals surface area contributed by atoms with Gasteiger partial charge >= 0.3 is 11.9 Å². The van der Waals surface area contributed by atoms with E-state index < -0.39 is 22.8 Å². The van der Waals surface area contributed by atoms with Crippen molar-refractivity contribution in [2.24, 2.45) is 0 Å². The monoisotopic (exact) mass is 206 g/mol. The number of rotatable bonds is 1. The van der Waals surface area contributed by atoms with Crippen molar-refractivity contribution < 1.29 is 14.5 Å². The van der Waals surface area contributed by atoms with E-state index in [-0.39, 0.29) is 11.1 Å². The van der Waals surface area contributed by atoms with Crippen molar-refractivity contribution >= 4 is 11.8 Å². The Morgan fingerprint density at radius 2 is 1.93 bits per heavy atom. The van der Waals surface area contributed by atoms with E-state index in [1.807, 2.05) is 5.32 Å². The van der Waals surface area contributed by atoms with Crippen LogP contribution in [0.25, 0.3) is 0 Å². The summed E-state index contributed by atoms with van der Waals surface area (Å²) in [6.45, 7) is 0. The Hall–Kier alpha value is -2.24. The van der Waals surface area contributed by atoms with Gasteiger partial charge in [-0.2, -0.15) is 0 Å². The van der Waals surface area contributed by atoms with Crippen LogP contribution >= 0.6 is 0 Å². The molecule has 1 atom stereocenters. The number of nitro groups is 1. The summed E-state index contributed by atoms with van der Waals surface area (Å²) < 4.78 is 0. The summed E-state index contributed by atoms with van der Waals surface area (Å²) in [7, 11) is 0. The lowest BCUT2D eigenvalue weighted by molar-refractivity contribution is -0.513. The molecular formula is C9H6N2O4. The van der Waals surface area contributed by atoms with Gasteiger partial charge in [0.25, 0.3) is 5.91 Å². The average molecular weight is 206 g/mol. The van der Waals surface area contributed by atoms with Gasteiger partial charge < -0.3 is 0 Å². The molecule has 0 radical (unpaired) electrons. The normalized spacial score (nSPS) is 19.3. The molecule has 1 heterocycles. The predicted octanol–water partition coefficient (Wildman–Crippen LogP) is 0.274. The molecule has 76 valence electrons. The van der Waals surface area contributed by atoms with Gasteiger partial charge in [0.2, 0.25) is 0 Å². The summed E-state index contributed by atoms with van der Waals surface area (Å²) in [5.41, 5.74) is 0.329. The fourth-order valence-electron chi connectivity index (χ4n) is 1.54. The first-order valence-electron chi connectivity index (χ1n) is 4.19. The van der Waals surface area contributed by atoms with Crippen molar-refractivity contribution in [1.82, 2.24) is 5.32 Å². The maximum atomic E-state index is 11.3. The Kier molecular flexibility index (Phi) is 1.96. The van der Waals surface area contributed by atoms with Crippen LogP contribution in [0.2, 0.25) is 0 Å². The van der Waals surface area contributed by atoms with Crippen LogP contribution in [0.1, 0.15) is 22.0 Å². The van der Waals surface area contributed by atoms with Crippen molar-refractivity contribution in [3.63, 3.8) is 0 Å². The zero-order valence-corrected chi connectivity index (χ0v) is 7.47. The van der Waals surface area contributed by atoms with Gasteiger partial charge in [0.1, 0.15) is 0 Å². The van der Waals surface area contributed by atoms with Crippen molar-refractivity contribution in [2.45, 2.75) is 6.04 Å². The zero-order chi connectivity index (χ0) is 11.0. The van der Waals surface area contributed by atoms with Crippen LogP contribution < -0.4 is 5.32 Å². The quantitative estimate of drug-likeness (QED) is 0.406. The van der Waals surface area contributed by atoms with Gasteiger partial charge in [-0.1, -0.05) is 18.2 Å². The zero-order valence-electron chi connectivity index (χ0n) is 7.47. The number of nitrogens with one attached hydrogen (secondary N) is 1. The number of carbonyl (C=O) groups is 2. The van der Waals surface area contributed by atoms with Crippen LogP contribution in [0.3, 0.4) is 0 Å². The van der Waals surface area contributed by atoms with Gasteiger partial charge in [-0.05, 0) is 6.07 Å². The van der Waals surface area contributed by atoms with Gasteiger partial charge in [0, 0.05) is 10.5 Å². The highest BCUT2D eigenvalue weighted by molar-refractivity contribution is 6.10. The molecule has 1 aromatic rings. The molecule has 1 unspecified atom stereocenters. The third-order valence-electron chi connectivity index (χ3n) is 2.20. The van der Waals surface area contributed by atoms with Crippen LogP contribution in [0.15, 0.2) is 24.3 Å². The lowest BCUT2D eigenvalue weighted by Crippen LogP contribution is -2.43. The molecule has 2 rings (SSSR count). The minimum atomic E-state index is -1.49. The highest BCUT2D eigenvalue weighted by Crippen LogP contribution is 2.24. The summed E-state index contributed by atoms with van der Waals surface area (Å²) in [5.74, 6) is -1.47. The molecule has 1 aliphatic heterocycles. The van der Waals surface area contributed by atoms with Crippen LogP contribution in [0.5, 0.6) is 0 Å². The standard InChI is InChI=1S/C9H6N2O4/c12-8-6-4-2-1-3-5(6)7(11(14)15)9(13)10-8/h1-4,7H,(H,10,12,13). The molecule has 0 fully saturated rings. The van der Waals surface area contributed by atoms with Crippen LogP contribution in [0.4, 0.5) is 0 Å². The molecule has 6 heteroatoms. The topological polar surface area (TPSA) is 89.3 Å². The number of imide groups is 1. The van der Waals surface area contributed by atoms with Crippen LogP contribution in [0, 0.1) is 10.1 Å². The molecule has 1 aliphatic rings. The molecule has 2 amide bonds. The van der Waals surface area contributed by atoms with E-state index in [9.17, 15) is 19.7 Å². The SMILES string of the molecule is O=C1NC(=O)C([N+](=O)[O-])c2ccccc21. The first-order valence-corrected chi connectivity index (χ1v) is 4.19. The maximum Gasteiger partial charge on any atom is 0.316 e. The first-order chi connectivity index (χ1) is 7.11. The minimum absolute atomic E-state index is 0.149. The lowest BCUT2D eigenvalue weighted by Gasteiger charge is -2.17. The molecular weight excluding hydrogens is 200 g/mol. The van der Waals surface area contributed by atoms with Crippen molar-refractivity contribution in [3.05, 3.63) is 45.5 Å². The summed E-state index contributed by atoms with van der Waals surface area (Å²) >= 11 is 0. The highest BCUT2D eigenvalue weighted by Gasteiger charge is 2.40. The molecule has 1 aromatic carbocycles. The smallest absolute Gasteiger partial charge is 0.286 e. The average Bonchev–Trinajstić information content (AvgIpc) is 2.17. The fraction of sp³-hybridized carbons (Fsp3) is 0.111. The van der Waals surface area contributed by atoms with Crippen LogP contribution in [-0.4, -0.2) is 16.7 Å². The fourth-order valence-corrected chi connectivity index (χ4v) is 1.54. The molecule has 0 spiro atoms. The number of carbonyl (C=O) groups excluding carboxylic acids is 2. The minimum Gasteiger partial charge on any atom is -0.286 e. The van der Waals surface area contributed by atoms with Crippen molar-refractivity contribution in [2.75, 3.05) is 0 Å². The van der Waals surface area contributed by atoms with Crippen molar-refractivity contribution in [1.29, 1.82) is 0 Å². The second-order valence-corrected chi connectivity index (χ2v) is 3.09. The third-order valence-corrected chi connectivity index (χ3v) is 2.20. The second-order valence-electron chi connectivity index (χ2n) is 3.09. The van der Waals surface area contributed by atoms with E-state index in [0.29, 0.717) is 0 Å². The second kappa shape index (κ2) is 3.16. The Balaban J connectivity index is 2.61. The number of fused-ring (bicyclic) bond motifs is 1. The number of hydrogen-bond donors (Lipinski definition) is 1. The number of amides is 2. The highest BCUT2D eigenvalue weighted by atomic mass is 16.6. The summed E-state index contributed by atoms with van der Waals surface area (Å²) in [5, 5.41) is 12.6. The maximum absolute atomic E-state index is 11.3. The van der Waals surface area contributed by atoms with Gasteiger partial charge in [0.05, 0.1) is 5.56 Å². The van der Waals surface area contributed by atoms with E-state index in [1.165, 1.54) is 12.1 Å². The van der Waals surface area contributed by atoms with Crippen molar-refractivity contribution in [3.8, 4) is 0 Å². The Morgan fingerprint density at radius 3 is 2.60 bits per heavy atom. The van der Waals surface area contributed by atoms with Gasteiger partial charge in [-0.25, -0.2) is 0 Å². The van der Waals surface area contributed by atoms with Gasteiger partial charge in [0.15, 0.2) is 0 Å². The molecule has 0 saturated carbocycles. The molecule has 0 saturated heterocycles. The Labute approximate surface area is 84.0 Å². The predicted molar refractivity (Wildman–Crippen MR) is 48.7 cm³/mol.